The van der Waals surface area contributed by atoms with Gasteiger partial charge in [0, 0.05) is 6.07 Å². The zero-order chi connectivity index (χ0) is 14.0. The number of nitrogens with two attached hydrogens (primary N) is 1. The van der Waals surface area contributed by atoms with Gasteiger partial charge in [-0.05, 0) is 12.1 Å². The van der Waals surface area contributed by atoms with Gasteiger partial charge in [0.25, 0.3) is 10.2 Å². The molecule has 10 heteroatoms. The Balaban J connectivity index is 2.77. The van der Waals surface area contributed by atoms with E-state index in [9.17, 15) is 21.6 Å². The number of hydrogen-bond donors (Lipinski definition) is 4. The number of phenolic OH excluding ortho intramolecular Hbond substituents is 1. The molecule has 0 radical (unpaired) electrons. The Labute approximate surface area is 101 Å². The normalized spacial score (nSPS) is 12.4. The lowest BCUT2D eigenvalue weighted by atomic mass is 10.2. The third kappa shape index (κ3) is 4.67. The highest BCUT2D eigenvalue weighted by Gasteiger charge is 2.29. The summed E-state index contributed by atoms with van der Waals surface area (Å²) >= 11 is 0. The lowest BCUT2D eigenvalue weighted by Crippen LogP contribution is -2.37. The first-order chi connectivity index (χ1) is 8.09. The molecule has 0 saturated heterocycles. The lowest BCUT2D eigenvalue weighted by molar-refractivity contribution is -0.121. The Hall–Kier alpha value is -1.68. The molecule has 0 atom stereocenters. The van der Waals surface area contributed by atoms with Gasteiger partial charge in [-0.15, -0.1) is 0 Å². The molecule has 18 heavy (non-hydrogen) atoms. The number of anilines is 2. The fourth-order valence-corrected chi connectivity index (χ4v) is 1.90. The summed E-state index contributed by atoms with van der Waals surface area (Å²) in [6, 6.07) is 3.32. The molecule has 0 fully saturated rings. The number of nitrogens with one attached hydrogen (secondary N) is 2. The second-order valence-electron chi connectivity index (χ2n) is 3.31. The fraction of sp³-hybridized carbons (Fsp3) is 0.250. The highest BCUT2D eigenvalue weighted by molar-refractivity contribution is 7.90. The van der Waals surface area contributed by atoms with Crippen LogP contribution in [0.15, 0.2) is 18.2 Å². The van der Waals surface area contributed by atoms with E-state index in [-0.39, 0.29) is 17.1 Å². The van der Waals surface area contributed by atoms with E-state index in [0.717, 1.165) is 18.2 Å². The van der Waals surface area contributed by atoms with Crippen LogP contribution in [0.25, 0.3) is 0 Å². The molecule has 1 aromatic carbocycles. The van der Waals surface area contributed by atoms with Gasteiger partial charge >= 0.3 is 6.18 Å². The van der Waals surface area contributed by atoms with Crippen molar-refractivity contribution in [1.29, 1.82) is 0 Å². The smallest absolute Gasteiger partial charge is 0.402 e. The molecule has 0 heterocycles. The quantitative estimate of drug-likeness (QED) is 0.484. The zero-order valence-corrected chi connectivity index (χ0v) is 9.64. The van der Waals surface area contributed by atoms with Gasteiger partial charge in [-0.25, -0.2) is 0 Å². The van der Waals surface area contributed by atoms with Gasteiger partial charge in [0.1, 0.15) is 12.3 Å². The largest absolute Gasteiger partial charge is 0.508 e. The van der Waals surface area contributed by atoms with E-state index in [1.54, 1.807) is 0 Å². The minimum absolute atomic E-state index is 0.118. The van der Waals surface area contributed by atoms with E-state index < -0.39 is 22.9 Å². The number of hydrogen-bond acceptors (Lipinski definition) is 4. The summed E-state index contributed by atoms with van der Waals surface area (Å²) in [4.78, 5) is 0. The highest BCUT2D eigenvalue weighted by Crippen LogP contribution is 2.24. The second-order valence-corrected chi connectivity index (χ2v) is 4.81. The number of benzene rings is 1. The molecular weight excluding hydrogens is 275 g/mol. The van der Waals surface area contributed by atoms with Crippen LogP contribution in [-0.4, -0.2) is 26.2 Å². The van der Waals surface area contributed by atoms with Gasteiger partial charge in [0.2, 0.25) is 0 Å². The number of halogens is 3. The maximum atomic E-state index is 11.8. The van der Waals surface area contributed by atoms with E-state index in [1.165, 1.54) is 4.72 Å². The molecule has 0 bridgehead atoms. The van der Waals surface area contributed by atoms with Crippen molar-refractivity contribution in [3.63, 3.8) is 0 Å². The molecule has 0 aliphatic carbocycles. The molecule has 1 aromatic rings. The van der Waals surface area contributed by atoms with Crippen LogP contribution in [-0.2, 0) is 10.2 Å². The van der Waals surface area contributed by atoms with Gasteiger partial charge in [-0.3, -0.25) is 4.72 Å². The molecule has 1 rings (SSSR count). The summed E-state index contributed by atoms with van der Waals surface area (Å²) in [5.41, 5.74) is 5.12. The van der Waals surface area contributed by atoms with Crippen LogP contribution >= 0.6 is 0 Å². The third-order valence-electron chi connectivity index (χ3n) is 1.74. The summed E-state index contributed by atoms with van der Waals surface area (Å²) in [5, 5.41) is 9.02. The van der Waals surface area contributed by atoms with Crippen LogP contribution < -0.4 is 15.2 Å². The van der Waals surface area contributed by atoms with E-state index in [0.29, 0.717) is 0 Å². The molecule has 0 amide bonds. The van der Waals surface area contributed by atoms with Crippen molar-refractivity contribution >= 4 is 21.6 Å². The maximum absolute atomic E-state index is 11.8. The molecule has 5 N–H and O–H groups in total. The van der Waals surface area contributed by atoms with Crippen molar-refractivity contribution in [2.75, 3.05) is 17.0 Å². The predicted octanol–water partition coefficient (Wildman–Crippen LogP) is 0.783. The molecule has 0 unspecified atom stereocenters. The molecule has 0 aliphatic heterocycles. The maximum Gasteiger partial charge on any atom is 0.402 e. The fourth-order valence-electron chi connectivity index (χ4n) is 1.00. The Morgan fingerprint density at radius 3 is 2.44 bits per heavy atom. The van der Waals surface area contributed by atoms with E-state index in [4.69, 9.17) is 10.8 Å². The van der Waals surface area contributed by atoms with Crippen molar-refractivity contribution in [1.82, 2.24) is 4.72 Å². The molecule has 0 aliphatic rings. The second kappa shape index (κ2) is 4.90. The van der Waals surface area contributed by atoms with Crippen LogP contribution in [0.1, 0.15) is 0 Å². The number of alkyl halides is 3. The minimum Gasteiger partial charge on any atom is -0.508 e. The molecule has 6 nitrogen and oxygen atoms in total. The van der Waals surface area contributed by atoms with Crippen molar-refractivity contribution in [2.24, 2.45) is 0 Å². The number of rotatable bonds is 4. The Kier molecular flexibility index (Phi) is 3.92. The van der Waals surface area contributed by atoms with Crippen molar-refractivity contribution < 1.29 is 26.7 Å². The van der Waals surface area contributed by atoms with Crippen LogP contribution in [0.3, 0.4) is 0 Å². The number of aromatic hydroxyl groups is 1. The molecular formula is C8H10F3N3O3S. The minimum atomic E-state index is -4.66. The standard InChI is InChI=1S/C8H10F3N3O3S/c9-8(10,11)4-13-18(16,17)14-7-2-1-5(15)3-6(7)12/h1-3,13-15H,4,12H2. The lowest BCUT2D eigenvalue weighted by Gasteiger charge is -2.12. The SMILES string of the molecule is Nc1cc(O)ccc1NS(=O)(=O)NCC(F)(F)F. The van der Waals surface area contributed by atoms with Crippen molar-refractivity contribution in [2.45, 2.75) is 6.18 Å². The molecule has 0 aromatic heterocycles. The van der Waals surface area contributed by atoms with Crippen molar-refractivity contribution in [3.05, 3.63) is 18.2 Å². The summed E-state index contributed by atoms with van der Waals surface area (Å²) in [7, 11) is -4.38. The molecule has 0 spiro atoms. The summed E-state index contributed by atoms with van der Waals surface area (Å²) in [6.07, 6.45) is -4.66. The highest BCUT2D eigenvalue weighted by atomic mass is 32.2. The first kappa shape index (κ1) is 14.4. The van der Waals surface area contributed by atoms with Crippen LogP contribution in [0, 0.1) is 0 Å². The van der Waals surface area contributed by atoms with Crippen molar-refractivity contribution in [3.8, 4) is 5.75 Å². The van der Waals surface area contributed by atoms with Gasteiger partial charge in [0.15, 0.2) is 0 Å². The summed E-state index contributed by atoms with van der Waals surface area (Å²) in [6.45, 7) is -1.69. The first-order valence-electron chi connectivity index (χ1n) is 4.52. The van der Waals surface area contributed by atoms with Gasteiger partial charge in [0.05, 0.1) is 11.4 Å². The molecule has 0 saturated carbocycles. The number of phenols is 1. The monoisotopic (exact) mass is 285 g/mol. The van der Waals surface area contributed by atoms with Gasteiger partial charge in [-0.1, -0.05) is 0 Å². The van der Waals surface area contributed by atoms with E-state index in [1.807, 2.05) is 4.72 Å². The van der Waals surface area contributed by atoms with Gasteiger partial charge < -0.3 is 10.8 Å². The van der Waals surface area contributed by atoms with Crippen LogP contribution in [0.5, 0.6) is 5.75 Å². The van der Waals surface area contributed by atoms with Crippen LogP contribution in [0.4, 0.5) is 24.5 Å². The average molecular weight is 285 g/mol. The first-order valence-corrected chi connectivity index (χ1v) is 6.00. The predicted molar refractivity (Wildman–Crippen MR) is 59.1 cm³/mol. The van der Waals surface area contributed by atoms with E-state index in [2.05, 4.69) is 0 Å². The zero-order valence-electron chi connectivity index (χ0n) is 8.82. The van der Waals surface area contributed by atoms with Gasteiger partial charge in [-0.2, -0.15) is 26.3 Å². The van der Waals surface area contributed by atoms with E-state index >= 15 is 0 Å². The van der Waals surface area contributed by atoms with Crippen LogP contribution in [0.2, 0.25) is 0 Å². The topological polar surface area (TPSA) is 104 Å². The third-order valence-corrected chi connectivity index (χ3v) is 2.76. The Bertz CT molecular complexity index is 530. The molecule has 102 valence electrons. The summed E-state index contributed by atoms with van der Waals surface area (Å²) in [5.74, 6) is -0.196. The Morgan fingerprint density at radius 1 is 1.33 bits per heavy atom. The summed E-state index contributed by atoms with van der Waals surface area (Å²) < 4.78 is 61.1. The average Bonchev–Trinajstić information content (AvgIpc) is 2.19. The Morgan fingerprint density at radius 2 is 1.94 bits per heavy atom. The number of nitrogen functional groups attached to an aromatic ring is 1.